The molecular weight excluding hydrogens is 260 g/mol. The van der Waals surface area contributed by atoms with Crippen molar-refractivity contribution in [1.29, 1.82) is 0 Å². The molecule has 8 nitrogen and oxygen atoms in total. The van der Waals surface area contributed by atoms with Crippen LogP contribution >= 0.6 is 0 Å². The van der Waals surface area contributed by atoms with Crippen LogP contribution < -0.4 is 0 Å². The predicted molar refractivity (Wildman–Crippen MR) is 62.3 cm³/mol. The molecule has 9 heteroatoms. The van der Waals surface area contributed by atoms with Gasteiger partial charge >= 0.3 is 5.97 Å². The van der Waals surface area contributed by atoms with Crippen LogP contribution in [0.1, 0.15) is 21.7 Å². The summed E-state index contributed by atoms with van der Waals surface area (Å²) in [6, 6.07) is 0. The zero-order valence-corrected chi connectivity index (χ0v) is 10.9. The summed E-state index contributed by atoms with van der Waals surface area (Å²) in [6.45, 7) is 0.350. The normalized spacial score (nSPS) is 16.8. The molecule has 0 spiro atoms. The second-order valence-corrected chi connectivity index (χ2v) is 6.35. The first kappa shape index (κ1) is 13.0. The highest BCUT2D eigenvalue weighted by Gasteiger charge is 2.32. The highest BCUT2D eigenvalue weighted by atomic mass is 32.2. The number of aromatic nitrogens is 2. The molecule has 0 unspecified atom stereocenters. The van der Waals surface area contributed by atoms with Crippen LogP contribution in [-0.4, -0.2) is 58.9 Å². The summed E-state index contributed by atoms with van der Waals surface area (Å²) >= 11 is 0. The number of fused-ring (bicyclic) bond motifs is 1. The van der Waals surface area contributed by atoms with E-state index >= 15 is 0 Å². The van der Waals surface area contributed by atoms with E-state index < -0.39 is 16.2 Å². The summed E-state index contributed by atoms with van der Waals surface area (Å²) in [4.78, 5) is 11.0. The molecule has 1 aliphatic rings. The molecule has 0 atom stereocenters. The third-order valence-electron chi connectivity index (χ3n) is 2.89. The lowest BCUT2D eigenvalue weighted by Gasteiger charge is -2.28. The highest BCUT2D eigenvalue weighted by Crippen LogP contribution is 2.23. The van der Waals surface area contributed by atoms with Crippen molar-refractivity contribution in [3.8, 4) is 0 Å². The van der Waals surface area contributed by atoms with E-state index in [-0.39, 0.29) is 12.2 Å². The van der Waals surface area contributed by atoms with Crippen LogP contribution in [0.3, 0.4) is 0 Å². The molecule has 18 heavy (non-hydrogen) atoms. The molecular formula is C9H14N4O4S. The maximum absolute atomic E-state index is 12.0. The fourth-order valence-corrected chi connectivity index (χ4v) is 2.95. The van der Waals surface area contributed by atoms with Gasteiger partial charge in [-0.2, -0.15) is 22.1 Å². The average molecular weight is 274 g/mol. The quantitative estimate of drug-likeness (QED) is 0.756. The number of H-pyrrole nitrogens is 1. The molecule has 1 aliphatic heterocycles. The number of rotatable bonds is 3. The number of nitrogens with zero attached hydrogens (tertiary/aromatic N) is 3. The maximum atomic E-state index is 12.0. The van der Waals surface area contributed by atoms with Gasteiger partial charge in [0, 0.05) is 44.9 Å². The van der Waals surface area contributed by atoms with Crippen LogP contribution in [0.2, 0.25) is 0 Å². The Morgan fingerprint density at radius 3 is 2.72 bits per heavy atom. The summed E-state index contributed by atoms with van der Waals surface area (Å²) in [5.41, 5.74) is 1.03. The molecule has 0 aromatic carbocycles. The summed E-state index contributed by atoms with van der Waals surface area (Å²) in [5, 5.41) is 15.3. The van der Waals surface area contributed by atoms with Gasteiger partial charge in [-0.3, -0.25) is 5.10 Å². The SMILES string of the molecule is CN(C)S(=O)(=O)N1CCc2[nH]nc(C(=O)O)c2C1. The Kier molecular flexibility index (Phi) is 3.13. The molecule has 0 radical (unpaired) electrons. The van der Waals surface area contributed by atoms with Crippen molar-refractivity contribution in [2.75, 3.05) is 20.6 Å². The number of aromatic amines is 1. The van der Waals surface area contributed by atoms with E-state index in [1.807, 2.05) is 0 Å². The zero-order valence-electron chi connectivity index (χ0n) is 10.0. The number of carboxylic acid groups (broad SMARTS) is 1. The standard InChI is InChI=1S/C9H14N4O4S/c1-12(2)18(16,17)13-4-3-7-6(5-13)8(9(14)15)11-10-7/h3-5H2,1-2H3,(H,10,11)(H,14,15). The van der Waals surface area contributed by atoms with Gasteiger partial charge in [-0.25, -0.2) is 4.79 Å². The van der Waals surface area contributed by atoms with Crippen molar-refractivity contribution >= 4 is 16.2 Å². The summed E-state index contributed by atoms with van der Waals surface area (Å²) in [5.74, 6) is -1.16. The number of aromatic carboxylic acids is 1. The molecule has 2 N–H and O–H groups in total. The first-order valence-electron chi connectivity index (χ1n) is 5.31. The number of carboxylic acids is 1. The van der Waals surface area contributed by atoms with Gasteiger partial charge in [0.2, 0.25) is 0 Å². The van der Waals surface area contributed by atoms with Crippen LogP contribution in [0.4, 0.5) is 0 Å². The fourth-order valence-electron chi connectivity index (χ4n) is 1.88. The fraction of sp³-hybridized carbons (Fsp3) is 0.556. The van der Waals surface area contributed by atoms with E-state index in [1.165, 1.54) is 18.4 Å². The molecule has 100 valence electrons. The lowest BCUT2D eigenvalue weighted by molar-refractivity contribution is 0.0688. The predicted octanol–water partition coefficient (Wildman–Crippen LogP) is -0.728. The van der Waals surface area contributed by atoms with Crippen LogP contribution in [-0.2, 0) is 23.2 Å². The Labute approximate surface area is 104 Å². The third-order valence-corrected chi connectivity index (χ3v) is 4.78. The smallest absolute Gasteiger partial charge is 0.356 e. The molecule has 1 aromatic heterocycles. The summed E-state index contributed by atoms with van der Waals surface area (Å²) in [6.07, 6.45) is 0.433. The van der Waals surface area contributed by atoms with Crippen molar-refractivity contribution in [2.24, 2.45) is 0 Å². The van der Waals surface area contributed by atoms with Gasteiger partial charge in [0.25, 0.3) is 10.2 Å². The van der Waals surface area contributed by atoms with E-state index in [9.17, 15) is 13.2 Å². The average Bonchev–Trinajstić information content (AvgIpc) is 2.71. The first-order valence-corrected chi connectivity index (χ1v) is 6.70. The van der Waals surface area contributed by atoms with Crippen molar-refractivity contribution in [1.82, 2.24) is 18.8 Å². The minimum Gasteiger partial charge on any atom is -0.476 e. The van der Waals surface area contributed by atoms with Gasteiger partial charge in [-0.1, -0.05) is 0 Å². The van der Waals surface area contributed by atoms with Gasteiger partial charge < -0.3 is 5.11 Å². The Morgan fingerprint density at radius 1 is 1.50 bits per heavy atom. The topological polar surface area (TPSA) is 107 Å². The minimum atomic E-state index is -3.53. The zero-order chi connectivity index (χ0) is 13.5. The largest absolute Gasteiger partial charge is 0.476 e. The van der Waals surface area contributed by atoms with Crippen molar-refractivity contribution in [3.05, 3.63) is 17.0 Å². The lowest BCUT2D eigenvalue weighted by Crippen LogP contribution is -2.42. The minimum absolute atomic E-state index is 0.0357. The lowest BCUT2D eigenvalue weighted by atomic mass is 10.1. The molecule has 0 aliphatic carbocycles. The molecule has 0 amide bonds. The first-order chi connectivity index (χ1) is 8.34. The Morgan fingerprint density at radius 2 is 2.17 bits per heavy atom. The van der Waals surface area contributed by atoms with Gasteiger partial charge in [0.15, 0.2) is 5.69 Å². The number of nitrogens with one attached hydrogen (secondary N) is 1. The van der Waals surface area contributed by atoms with Gasteiger partial charge in [0.1, 0.15) is 0 Å². The van der Waals surface area contributed by atoms with Crippen LogP contribution in [0.25, 0.3) is 0 Å². The van der Waals surface area contributed by atoms with Crippen LogP contribution in [0.5, 0.6) is 0 Å². The molecule has 0 saturated heterocycles. The van der Waals surface area contributed by atoms with E-state index in [0.717, 1.165) is 4.31 Å². The number of hydrogen-bond donors (Lipinski definition) is 2. The van der Waals surface area contributed by atoms with Gasteiger partial charge in [-0.15, -0.1) is 0 Å². The summed E-state index contributed by atoms with van der Waals surface area (Å²) in [7, 11) is -0.645. The van der Waals surface area contributed by atoms with Crippen LogP contribution in [0.15, 0.2) is 0 Å². The maximum Gasteiger partial charge on any atom is 0.356 e. The Balaban J connectivity index is 2.35. The van der Waals surface area contributed by atoms with Gasteiger partial charge in [-0.05, 0) is 0 Å². The Hall–Kier alpha value is -1.45. The molecule has 2 rings (SSSR count). The second kappa shape index (κ2) is 4.34. The third kappa shape index (κ3) is 2.00. The number of hydrogen-bond acceptors (Lipinski definition) is 4. The molecule has 1 aromatic rings. The van der Waals surface area contributed by atoms with Gasteiger partial charge in [0.05, 0.1) is 0 Å². The van der Waals surface area contributed by atoms with Crippen molar-refractivity contribution < 1.29 is 18.3 Å². The molecule has 2 heterocycles. The van der Waals surface area contributed by atoms with Crippen LogP contribution in [0, 0.1) is 0 Å². The highest BCUT2D eigenvalue weighted by molar-refractivity contribution is 7.86. The molecule has 0 saturated carbocycles. The summed E-state index contributed by atoms with van der Waals surface area (Å²) < 4.78 is 26.3. The molecule has 0 bridgehead atoms. The van der Waals surface area contributed by atoms with E-state index in [4.69, 9.17) is 5.11 Å². The monoisotopic (exact) mass is 274 g/mol. The second-order valence-electron chi connectivity index (χ2n) is 4.21. The van der Waals surface area contributed by atoms with E-state index in [2.05, 4.69) is 10.2 Å². The number of carbonyl (C=O) groups is 1. The van der Waals surface area contributed by atoms with Crippen molar-refractivity contribution in [2.45, 2.75) is 13.0 Å². The Bertz CT molecular complexity index is 577. The van der Waals surface area contributed by atoms with Crippen molar-refractivity contribution in [3.63, 3.8) is 0 Å². The van der Waals surface area contributed by atoms with E-state index in [1.54, 1.807) is 0 Å². The van der Waals surface area contributed by atoms with E-state index in [0.29, 0.717) is 24.2 Å². The molecule has 0 fully saturated rings.